The number of benzene rings is 1. The molecule has 0 spiro atoms. The zero-order valence-corrected chi connectivity index (χ0v) is 8.81. The smallest absolute Gasteiger partial charge is 0.163 e. The fourth-order valence-corrected chi connectivity index (χ4v) is 2.23. The van der Waals surface area contributed by atoms with Crippen LogP contribution in [0.1, 0.15) is 33.5 Å². The number of carbonyl (C=O) groups is 1. The van der Waals surface area contributed by atoms with E-state index in [4.69, 9.17) is 4.74 Å². The Morgan fingerprint density at radius 3 is 2.64 bits per heavy atom. The highest BCUT2D eigenvalue weighted by atomic mass is 16.5. The summed E-state index contributed by atoms with van der Waals surface area (Å²) in [5.74, 6) is 1.18. The van der Waals surface area contributed by atoms with Gasteiger partial charge >= 0.3 is 0 Å². The van der Waals surface area contributed by atoms with E-state index in [9.17, 15) is 4.79 Å². The van der Waals surface area contributed by atoms with Crippen LogP contribution >= 0.6 is 0 Å². The first-order valence-electron chi connectivity index (χ1n) is 4.85. The monoisotopic (exact) mass is 190 g/mol. The summed E-state index contributed by atoms with van der Waals surface area (Å²) in [4.78, 5) is 11.6. The molecule has 14 heavy (non-hydrogen) atoms. The van der Waals surface area contributed by atoms with Crippen molar-refractivity contribution in [2.75, 3.05) is 7.11 Å². The molecule has 0 aliphatic heterocycles. The van der Waals surface area contributed by atoms with E-state index in [1.165, 1.54) is 5.56 Å². The minimum Gasteiger partial charge on any atom is -0.496 e. The van der Waals surface area contributed by atoms with Crippen LogP contribution in [0, 0.1) is 13.8 Å². The van der Waals surface area contributed by atoms with Gasteiger partial charge in [-0.05, 0) is 43.0 Å². The maximum absolute atomic E-state index is 11.6. The predicted molar refractivity (Wildman–Crippen MR) is 55.1 cm³/mol. The third-order valence-electron chi connectivity index (χ3n) is 2.97. The third-order valence-corrected chi connectivity index (χ3v) is 2.97. The van der Waals surface area contributed by atoms with Gasteiger partial charge in [0.2, 0.25) is 0 Å². The van der Waals surface area contributed by atoms with Crippen LogP contribution in [0.5, 0.6) is 5.75 Å². The second-order valence-electron chi connectivity index (χ2n) is 3.80. The fraction of sp³-hybridized carbons (Fsp3) is 0.417. The van der Waals surface area contributed by atoms with Gasteiger partial charge in [-0.25, -0.2) is 0 Å². The molecule has 0 amide bonds. The van der Waals surface area contributed by atoms with E-state index in [0.717, 1.165) is 28.9 Å². The molecule has 0 saturated carbocycles. The van der Waals surface area contributed by atoms with E-state index in [0.29, 0.717) is 6.42 Å². The number of ketones is 1. The van der Waals surface area contributed by atoms with Crippen molar-refractivity contribution in [2.45, 2.75) is 26.7 Å². The highest BCUT2D eigenvalue weighted by Crippen LogP contribution is 2.33. The predicted octanol–water partition coefficient (Wildman–Crippen LogP) is 2.44. The topological polar surface area (TPSA) is 26.3 Å². The molecule has 2 nitrogen and oxygen atoms in total. The number of hydrogen-bond donors (Lipinski definition) is 0. The summed E-state index contributed by atoms with van der Waals surface area (Å²) in [6.45, 7) is 4.00. The fourth-order valence-electron chi connectivity index (χ4n) is 2.23. The maximum atomic E-state index is 11.6. The van der Waals surface area contributed by atoms with Gasteiger partial charge in [-0.3, -0.25) is 4.79 Å². The molecule has 0 fully saturated rings. The van der Waals surface area contributed by atoms with Crippen LogP contribution in [0.25, 0.3) is 0 Å². The lowest BCUT2D eigenvalue weighted by atomic mass is 9.98. The lowest BCUT2D eigenvalue weighted by Gasteiger charge is -2.11. The van der Waals surface area contributed by atoms with Crippen molar-refractivity contribution in [3.63, 3.8) is 0 Å². The molecular formula is C12H14O2. The Balaban J connectivity index is 2.70. The van der Waals surface area contributed by atoms with E-state index in [2.05, 4.69) is 0 Å². The molecule has 2 rings (SSSR count). The molecule has 0 N–H and O–H groups in total. The summed E-state index contributed by atoms with van der Waals surface area (Å²) < 4.78 is 5.28. The number of aryl methyl sites for hydroxylation is 1. The molecule has 0 atom stereocenters. The molecule has 0 heterocycles. The van der Waals surface area contributed by atoms with Gasteiger partial charge in [0.1, 0.15) is 5.75 Å². The highest BCUT2D eigenvalue weighted by molar-refractivity contribution is 6.02. The Bertz CT molecular complexity index is 405. The molecule has 1 aliphatic carbocycles. The number of ether oxygens (including phenoxy) is 1. The second kappa shape index (κ2) is 3.12. The molecule has 0 radical (unpaired) electrons. The number of fused-ring (bicyclic) bond motifs is 1. The van der Waals surface area contributed by atoms with Crippen LogP contribution < -0.4 is 4.74 Å². The first kappa shape index (κ1) is 9.25. The van der Waals surface area contributed by atoms with Gasteiger partial charge < -0.3 is 4.74 Å². The van der Waals surface area contributed by atoms with Gasteiger partial charge in [-0.2, -0.15) is 0 Å². The van der Waals surface area contributed by atoms with Gasteiger partial charge in [-0.1, -0.05) is 0 Å². The highest BCUT2D eigenvalue weighted by Gasteiger charge is 2.24. The van der Waals surface area contributed by atoms with Gasteiger partial charge in [0.15, 0.2) is 5.78 Å². The lowest BCUT2D eigenvalue weighted by Crippen LogP contribution is -1.99. The average molecular weight is 190 g/mol. The van der Waals surface area contributed by atoms with Gasteiger partial charge in [0.05, 0.1) is 7.11 Å². The molecule has 1 aromatic carbocycles. The van der Waals surface area contributed by atoms with Gasteiger partial charge in [0.25, 0.3) is 0 Å². The molecule has 1 aliphatic rings. The minimum absolute atomic E-state index is 0.281. The quantitative estimate of drug-likeness (QED) is 0.680. The van der Waals surface area contributed by atoms with Crippen LogP contribution in [0.15, 0.2) is 6.07 Å². The molecule has 0 unspecified atom stereocenters. The molecule has 74 valence electrons. The summed E-state index contributed by atoms with van der Waals surface area (Å²) in [5, 5.41) is 0. The van der Waals surface area contributed by atoms with E-state index >= 15 is 0 Å². The molecule has 0 saturated heterocycles. The molecule has 2 heteroatoms. The number of Topliss-reactive ketones (excluding diaryl/α,β-unsaturated/α-hetero) is 1. The SMILES string of the molecule is COc1cc(C)c2c(c1C)CCC2=O. The summed E-state index contributed by atoms with van der Waals surface area (Å²) in [6.07, 6.45) is 1.53. The van der Waals surface area contributed by atoms with Crippen LogP contribution in [-0.4, -0.2) is 12.9 Å². The maximum Gasteiger partial charge on any atom is 0.163 e. The summed E-state index contributed by atoms with van der Waals surface area (Å²) in [5.41, 5.74) is 4.29. The standard InChI is InChI=1S/C12H14O2/c1-7-6-11(14-3)8(2)9-4-5-10(13)12(7)9/h6H,4-5H2,1-3H3. The largest absolute Gasteiger partial charge is 0.496 e. The van der Waals surface area contributed by atoms with Crippen LogP contribution in [0.4, 0.5) is 0 Å². The van der Waals surface area contributed by atoms with Crippen LogP contribution in [0.3, 0.4) is 0 Å². The van der Waals surface area contributed by atoms with Crippen molar-refractivity contribution in [3.8, 4) is 5.75 Å². The Morgan fingerprint density at radius 2 is 2.00 bits per heavy atom. The molecule has 0 aromatic heterocycles. The van der Waals surface area contributed by atoms with Crippen LogP contribution in [-0.2, 0) is 6.42 Å². The first-order chi connectivity index (χ1) is 6.65. The minimum atomic E-state index is 0.281. The van der Waals surface area contributed by atoms with Crippen molar-refractivity contribution in [1.82, 2.24) is 0 Å². The number of methoxy groups -OCH3 is 1. The van der Waals surface area contributed by atoms with E-state index in [1.54, 1.807) is 7.11 Å². The first-order valence-corrected chi connectivity index (χ1v) is 4.85. The van der Waals surface area contributed by atoms with Gasteiger partial charge in [0, 0.05) is 12.0 Å². The van der Waals surface area contributed by atoms with Crippen LogP contribution in [0.2, 0.25) is 0 Å². The van der Waals surface area contributed by atoms with Crippen molar-refractivity contribution in [2.24, 2.45) is 0 Å². The van der Waals surface area contributed by atoms with Crippen molar-refractivity contribution in [1.29, 1.82) is 0 Å². The lowest BCUT2D eigenvalue weighted by molar-refractivity contribution is 0.0994. The van der Waals surface area contributed by atoms with E-state index in [-0.39, 0.29) is 5.78 Å². The van der Waals surface area contributed by atoms with E-state index < -0.39 is 0 Å². The second-order valence-corrected chi connectivity index (χ2v) is 3.80. The Hall–Kier alpha value is -1.31. The average Bonchev–Trinajstić information content (AvgIpc) is 2.54. The Labute approximate surface area is 83.9 Å². The van der Waals surface area contributed by atoms with Crippen molar-refractivity contribution < 1.29 is 9.53 Å². The Morgan fingerprint density at radius 1 is 1.29 bits per heavy atom. The number of carbonyl (C=O) groups excluding carboxylic acids is 1. The number of hydrogen-bond acceptors (Lipinski definition) is 2. The summed E-state index contributed by atoms with van der Waals surface area (Å²) in [7, 11) is 1.67. The molecule has 1 aromatic rings. The third kappa shape index (κ3) is 1.14. The van der Waals surface area contributed by atoms with Gasteiger partial charge in [-0.15, -0.1) is 0 Å². The molecule has 0 bridgehead atoms. The zero-order valence-electron chi connectivity index (χ0n) is 8.81. The van der Waals surface area contributed by atoms with Crippen molar-refractivity contribution >= 4 is 5.78 Å². The summed E-state index contributed by atoms with van der Waals surface area (Å²) in [6, 6.07) is 1.96. The van der Waals surface area contributed by atoms with Crippen molar-refractivity contribution in [3.05, 3.63) is 28.3 Å². The van der Waals surface area contributed by atoms with E-state index in [1.807, 2.05) is 19.9 Å². The molecular weight excluding hydrogens is 176 g/mol. The summed E-state index contributed by atoms with van der Waals surface area (Å²) >= 11 is 0. The Kier molecular flexibility index (Phi) is 2.06. The number of rotatable bonds is 1. The zero-order chi connectivity index (χ0) is 10.3. The normalized spacial score (nSPS) is 14.4.